The second kappa shape index (κ2) is 69.1. The first-order valence-corrected chi connectivity index (χ1v) is 35.1. The summed E-state index contributed by atoms with van der Waals surface area (Å²) in [7, 11) is 0. The first-order valence-electron chi connectivity index (χ1n) is 35.1. The number of allylic oxidation sites excluding steroid dienone is 14. The summed E-state index contributed by atoms with van der Waals surface area (Å²) >= 11 is 0. The average Bonchev–Trinajstić information content (AvgIpc) is 3.47. The lowest BCUT2D eigenvalue weighted by atomic mass is 10.0. The minimum Gasteiger partial charge on any atom is -0.462 e. The van der Waals surface area contributed by atoms with Crippen LogP contribution in [0.15, 0.2) is 85.1 Å². The number of hydrogen-bond acceptors (Lipinski definition) is 6. The maximum atomic E-state index is 12.9. The molecule has 81 heavy (non-hydrogen) atoms. The molecule has 0 aromatic rings. The second-order valence-electron chi connectivity index (χ2n) is 23.4. The van der Waals surface area contributed by atoms with Crippen molar-refractivity contribution < 1.29 is 28.6 Å². The highest BCUT2D eigenvalue weighted by Crippen LogP contribution is 2.17. The molecule has 0 saturated heterocycles. The molecule has 468 valence electrons. The van der Waals surface area contributed by atoms with Gasteiger partial charge in [0, 0.05) is 19.3 Å². The average molecular weight is 1130 g/mol. The van der Waals surface area contributed by atoms with Gasteiger partial charge in [0.25, 0.3) is 0 Å². The maximum Gasteiger partial charge on any atom is 0.306 e. The lowest BCUT2D eigenvalue weighted by Gasteiger charge is -2.18. The van der Waals surface area contributed by atoms with Gasteiger partial charge in [-0.15, -0.1) is 0 Å². The highest BCUT2D eigenvalue weighted by atomic mass is 16.6. The number of carbonyl (C=O) groups excluding carboxylic acids is 3. The van der Waals surface area contributed by atoms with Crippen LogP contribution in [-0.2, 0) is 28.6 Å². The van der Waals surface area contributed by atoms with Crippen LogP contribution >= 0.6 is 0 Å². The standard InChI is InChI=1S/C75H132O6/c1-4-7-10-13-16-19-22-24-26-28-30-32-34-36-37-39-40-42-44-46-48-50-53-56-59-62-65-68-74(77)80-71-72(70-79-73(76)67-64-61-58-55-52-21-18-15-12-9-6-3)81-75(78)69-66-63-60-57-54-51-49-47-45-43-41-38-35-33-31-29-27-25-23-20-17-14-11-8-5-2/h7,10,16,19,23-26,29-32,35,38,72H,4-6,8-9,11-15,17-18,20-22,27-28,33-34,36-37,39-71H2,1-3H3/b10-7-,19-16-,25-23-,26-24-,31-29-,32-30-,38-35-. The van der Waals surface area contributed by atoms with Gasteiger partial charge in [0.2, 0.25) is 0 Å². The zero-order valence-corrected chi connectivity index (χ0v) is 53.8. The van der Waals surface area contributed by atoms with Crippen LogP contribution in [0.5, 0.6) is 0 Å². The highest BCUT2D eigenvalue weighted by molar-refractivity contribution is 5.71. The summed E-state index contributed by atoms with van der Waals surface area (Å²) in [5, 5.41) is 0. The zero-order valence-electron chi connectivity index (χ0n) is 53.8. The molecule has 0 aliphatic heterocycles. The summed E-state index contributed by atoms with van der Waals surface area (Å²) in [6.07, 6.45) is 91.8. The number of carbonyl (C=O) groups is 3. The summed E-state index contributed by atoms with van der Waals surface area (Å²) in [4.78, 5) is 38.4. The molecule has 0 heterocycles. The molecule has 0 saturated carbocycles. The van der Waals surface area contributed by atoms with E-state index in [1.54, 1.807) is 0 Å². The first-order chi connectivity index (χ1) is 40.0. The van der Waals surface area contributed by atoms with Gasteiger partial charge in [-0.2, -0.15) is 0 Å². The van der Waals surface area contributed by atoms with Crippen LogP contribution in [0, 0.1) is 0 Å². The molecule has 0 N–H and O–H groups in total. The van der Waals surface area contributed by atoms with Crippen molar-refractivity contribution in [2.24, 2.45) is 0 Å². The zero-order chi connectivity index (χ0) is 58.5. The predicted molar refractivity (Wildman–Crippen MR) is 353 cm³/mol. The monoisotopic (exact) mass is 1130 g/mol. The molecular weight excluding hydrogens is 997 g/mol. The van der Waals surface area contributed by atoms with Gasteiger partial charge in [-0.25, -0.2) is 0 Å². The lowest BCUT2D eigenvalue weighted by molar-refractivity contribution is -0.167. The van der Waals surface area contributed by atoms with Gasteiger partial charge in [-0.05, 0) is 96.3 Å². The van der Waals surface area contributed by atoms with E-state index in [2.05, 4.69) is 106 Å². The summed E-state index contributed by atoms with van der Waals surface area (Å²) in [6.45, 7) is 6.55. The SMILES string of the molecule is CC/C=C\C/C=C\C/C=C\C/C=C\CCCCCCCCCCCCCCCCC(=O)OCC(COC(=O)CCCCCCCCCCCCC)OC(=O)CCCCCCCCCCCC/C=C\C/C=C\C/C=C\CCCCCCC. The Bertz CT molecular complexity index is 1530. The van der Waals surface area contributed by atoms with E-state index in [4.69, 9.17) is 14.2 Å². The van der Waals surface area contributed by atoms with E-state index in [0.717, 1.165) is 96.3 Å². The van der Waals surface area contributed by atoms with E-state index in [1.807, 2.05) is 0 Å². The third kappa shape index (κ3) is 67.3. The molecule has 0 amide bonds. The minimum atomic E-state index is -0.778. The third-order valence-electron chi connectivity index (χ3n) is 15.4. The molecule has 0 fully saturated rings. The molecule has 1 unspecified atom stereocenters. The summed E-state index contributed by atoms with van der Waals surface area (Å²) in [5.41, 5.74) is 0. The Labute approximate surface area is 503 Å². The number of ether oxygens (including phenoxy) is 3. The van der Waals surface area contributed by atoms with Gasteiger partial charge in [0.05, 0.1) is 0 Å². The van der Waals surface area contributed by atoms with Gasteiger partial charge in [-0.1, -0.05) is 324 Å². The van der Waals surface area contributed by atoms with Gasteiger partial charge in [0.15, 0.2) is 6.10 Å². The van der Waals surface area contributed by atoms with Gasteiger partial charge < -0.3 is 14.2 Å². The third-order valence-corrected chi connectivity index (χ3v) is 15.4. The van der Waals surface area contributed by atoms with Crippen molar-refractivity contribution in [2.45, 2.75) is 361 Å². The predicted octanol–water partition coefficient (Wildman–Crippen LogP) is 24.2. The van der Waals surface area contributed by atoms with Crippen LogP contribution in [0.2, 0.25) is 0 Å². The Morgan fingerprint density at radius 2 is 0.481 bits per heavy atom. The van der Waals surface area contributed by atoms with Crippen molar-refractivity contribution in [3.05, 3.63) is 85.1 Å². The fraction of sp³-hybridized carbons (Fsp3) is 0.773. The molecule has 6 heteroatoms. The molecule has 0 bridgehead atoms. The van der Waals surface area contributed by atoms with Crippen molar-refractivity contribution >= 4 is 17.9 Å². The van der Waals surface area contributed by atoms with Crippen molar-refractivity contribution in [3.8, 4) is 0 Å². The second-order valence-corrected chi connectivity index (χ2v) is 23.4. The fourth-order valence-electron chi connectivity index (χ4n) is 10.2. The van der Waals surface area contributed by atoms with Crippen molar-refractivity contribution in [3.63, 3.8) is 0 Å². The first kappa shape index (κ1) is 77.6. The Morgan fingerprint density at radius 1 is 0.259 bits per heavy atom. The molecule has 1 atom stereocenters. The Hall–Kier alpha value is -3.41. The van der Waals surface area contributed by atoms with E-state index in [0.29, 0.717) is 19.3 Å². The Balaban J connectivity index is 4.22. The normalized spacial score (nSPS) is 12.6. The van der Waals surface area contributed by atoms with Gasteiger partial charge in [-0.3, -0.25) is 14.4 Å². The lowest BCUT2D eigenvalue weighted by Crippen LogP contribution is -2.30. The molecule has 0 aromatic carbocycles. The Kier molecular flexibility index (Phi) is 66.2. The minimum absolute atomic E-state index is 0.0738. The maximum absolute atomic E-state index is 12.9. The molecule has 6 nitrogen and oxygen atoms in total. The van der Waals surface area contributed by atoms with Crippen LogP contribution in [0.1, 0.15) is 355 Å². The van der Waals surface area contributed by atoms with E-state index >= 15 is 0 Å². The largest absolute Gasteiger partial charge is 0.462 e. The number of hydrogen-bond donors (Lipinski definition) is 0. The van der Waals surface area contributed by atoms with Gasteiger partial charge in [0.1, 0.15) is 13.2 Å². The summed E-state index contributed by atoms with van der Waals surface area (Å²) in [6, 6.07) is 0. The molecule has 0 aliphatic carbocycles. The topological polar surface area (TPSA) is 78.9 Å². The highest BCUT2D eigenvalue weighted by Gasteiger charge is 2.19. The van der Waals surface area contributed by atoms with Crippen LogP contribution in [0.25, 0.3) is 0 Å². The molecule has 0 radical (unpaired) electrons. The molecular formula is C75H132O6. The van der Waals surface area contributed by atoms with Crippen molar-refractivity contribution in [1.82, 2.24) is 0 Å². The number of unbranched alkanes of at least 4 members (excludes halogenated alkanes) is 39. The van der Waals surface area contributed by atoms with Gasteiger partial charge >= 0.3 is 17.9 Å². The van der Waals surface area contributed by atoms with E-state index in [1.165, 1.54) is 218 Å². The van der Waals surface area contributed by atoms with Crippen LogP contribution < -0.4 is 0 Å². The summed E-state index contributed by atoms with van der Waals surface area (Å²) < 4.78 is 17.0. The smallest absolute Gasteiger partial charge is 0.306 e. The number of rotatable bonds is 64. The van der Waals surface area contributed by atoms with E-state index in [9.17, 15) is 14.4 Å². The van der Waals surface area contributed by atoms with Crippen molar-refractivity contribution in [2.75, 3.05) is 13.2 Å². The van der Waals surface area contributed by atoms with Crippen LogP contribution in [0.4, 0.5) is 0 Å². The molecule has 0 aliphatic rings. The van der Waals surface area contributed by atoms with Crippen molar-refractivity contribution in [1.29, 1.82) is 0 Å². The molecule has 0 spiro atoms. The van der Waals surface area contributed by atoms with Crippen LogP contribution in [-0.4, -0.2) is 37.2 Å². The fourth-order valence-corrected chi connectivity index (χ4v) is 10.2. The van der Waals surface area contributed by atoms with Crippen LogP contribution in [0.3, 0.4) is 0 Å². The Morgan fingerprint density at radius 3 is 0.753 bits per heavy atom. The number of esters is 3. The summed E-state index contributed by atoms with van der Waals surface area (Å²) in [5.74, 6) is -0.861. The van der Waals surface area contributed by atoms with E-state index < -0.39 is 6.10 Å². The molecule has 0 aromatic heterocycles. The molecule has 0 rings (SSSR count). The quantitative estimate of drug-likeness (QED) is 0.0261. The van der Waals surface area contributed by atoms with E-state index in [-0.39, 0.29) is 31.1 Å².